The number of carboxylic acid groups (broad SMARTS) is 1. The molecule has 0 bridgehead atoms. The van der Waals surface area contributed by atoms with Gasteiger partial charge in [-0.3, -0.25) is 14.5 Å². The van der Waals surface area contributed by atoms with E-state index in [2.05, 4.69) is 35.3 Å². The average molecular weight is 365 g/mol. The molecule has 25 heavy (non-hydrogen) atoms. The number of hydrogen-bond donors (Lipinski definition) is 1. The molecule has 7 heteroatoms. The van der Waals surface area contributed by atoms with E-state index in [1.165, 1.54) is 10.4 Å². The minimum atomic E-state index is -0.835. The maximum Gasteiger partial charge on any atom is 0.309 e. The van der Waals surface area contributed by atoms with E-state index in [-0.39, 0.29) is 12.3 Å². The van der Waals surface area contributed by atoms with Crippen molar-refractivity contribution in [3.8, 4) is 0 Å². The topological polar surface area (TPSA) is 64.1 Å². The standard InChI is InChI=1S/C18H27N3O3S/c1-19(2)10-13-8-14(25-12-13)11-21-6-4-18(5-7-21)15(17(23)24)9-16(22)20(18)3/h8,12,15H,4-7,9-11H2,1-3H3,(H,23,24). The van der Waals surface area contributed by atoms with Crippen LogP contribution in [-0.4, -0.2) is 71.5 Å². The van der Waals surface area contributed by atoms with Gasteiger partial charge in [0.1, 0.15) is 0 Å². The summed E-state index contributed by atoms with van der Waals surface area (Å²) in [5.74, 6) is -1.44. The highest BCUT2D eigenvalue weighted by Gasteiger charge is 2.55. The van der Waals surface area contributed by atoms with Gasteiger partial charge in [-0.1, -0.05) is 0 Å². The van der Waals surface area contributed by atoms with Gasteiger partial charge in [0.05, 0.1) is 11.5 Å². The Hall–Kier alpha value is -1.44. The van der Waals surface area contributed by atoms with Gasteiger partial charge < -0.3 is 14.9 Å². The molecule has 3 heterocycles. The molecule has 0 radical (unpaired) electrons. The van der Waals surface area contributed by atoms with Crippen molar-refractivity contribution < 1.29 is 14.7 Å². The molecule has 1 spiro atoms. The number of nitrogens with zero attached hydrogens (tertiary/aromatic N) is 3. The lowest BCUT2D eigenvalue weighted by atomic mass is 9.77. The van der Waals surface area contributed by atoms with Gasteiger partial charge in [0.15, 0.2) is 0 Å². The molecule has 1 amide bonds. The van der Waals surface area contributed by atoms with Crippen LogP contribution in [-0.2, 0) is 22.7 Å². The molecule has 0 aliphatic carbocycles. The van der Waals surface area contributed by atoms with Gasteiger partial charge in [0.2, 0.25) is 5.91 Å². The van der Waals surface area contributed by atoms with E-state index in [4.69, 9.17) is 0 Å². The number of piperidine rings is 1. The van der Waals surface area contributed by atoms with Crippen LogP contribution < -0.4 is 0 Å². The lowest BCUT2D eigenvalue weighted by molar-refractivity contribution is -0.146. The summed E-state index contributed by atoms with van der Waals surface area (Å²) in [5.41, 5.74) is 0.843. The second-order valence-electron chi connectivity index (χ2n) is 7.59. The molecule has 0 saturated carbocycles. The third kappa shape index (κ3) is 3.59. The van der Waals surface area contributed by atoms with Crippen LogP contribution in [0.1, 0.15) is 29.7 Å². The Balaban J connectivity index is 1.62. The molecule has 6 nitrogen and oxygen atoms in total. The van der Waals surface area contributed by atoms with Crippen LogP contribution in [0.25, 0.3) is 0 Å². The van der Waals surface area contributed by atoms with Crippen LogP contribution in [0.2, 0.25) is 0 Å². The van der Waals surface area contributed by atoms with Crippen molar-refractivity contribution in [1.29, 1.82) is 0 Å². The van der Waals surface area contributed by atoms with E-state index in [1.54, 1.807) is 23.3 Å². The van der Waals surface area contributed by atoms with Gasteiger partial charge in [-0.25, -0.2) is 0 Å². The van der Waals surface area contributed by atoms with Gasteiger partial charge >= 0.3 is 5.97 Å². The number of likely N-dealkylation sites (tertiary alicyclic amines) is 2. The molecular formula is C18H27N3O3S. The van der Waals surface area contributed by atoms with Gasteiger partial charge in [0, 0.05) is 44.5 Å². The summed E-state index contributed by atoms with van der Waals surface area (Å²) in [7, 11) is 5.91. The first-order chi connectivity index (χ1) is 11.8. The zero-order valence-corrected chi connectivity index (χ0v) is 16.0. The molecule has 2 saturated heterocycles. The molecule has 2 aliphatic heterocycles. The zero-order chi connectivity index (χ0) is 18.2. The van der Waals surface area contributed by atoms with Gasteiger partial charge in [-0.15, -0.1) is 11.3 Å². The van der Waals surface area contributed by atoms with Crippen LogP contribution in [0.5, 0.6) is 0 Å². The quantitative estimate of drug-likeness (QED) is 0.861. The fourth-order valence-electron chi connectivity index (χ4n) is 4.26. The number of carboxylic acids is 1. The van der Waals surface area contributed by atoms with Crippen molar-refractivity contribution in [3.05, 3.63) is 21.9 Å². The van der Waals surface area contributed by atoms with E-state index in [0.29, 0.717) is 0 Å². The molecule has 3 rings (SSSR count). The molecule has 2 fully saturated rings. The highest BCUT2D eigenvalue weighted by molar-refractivity contribution is 7.10. The smallest absolute Gasteiger partial charge is 0.309 e. The molecule has 1 aromatic heterocycles. The fraction of sp³-hybridized carbons (Fsp3) is 0.667. The SMILES string of the molecule is CN(C)Cc1csc(CN2CCC3(CC2)C(C(=O)O)CC(=O)N3C)c1. The van der Waals surface area contributed by atoms with Gasteiger partial charge in [-0.2, -0.15) is 0 Å². The third-order valence-electron chi connectivity index (χ3n) is 5.68. The summed E-state index contributed by atoms with van der Waals surface area (Å²) in [4.78, 5) is 31.3. The van der Waals surface area contributed by atoms with Crippen molar-refractivity contribution in [1.82, 2.24) is 14.7 Å². The molecule has 0 aromatic carbocycles. The molecule has 1 N–H and O–H groups in total. The lowest BCUT2D eigenvalue weighted by Crippen LogP contribution is -2.55. The van der Waals surface area contributed by atoms with Crippen LogP contribution in [0.3, 0.4) is 0 Å². The van der Waals surface area contributed by atoms with Crippen LogP contribution in [0.4, 0.5) is 0 Å². The maximum atomic E-state index is 12.1. The summed E-state index contributed by atoms with van der Waals surface area (Å²) in [6, 6.07) is 2.26. The number of carbonyl (C=O) groups excluding carboxylic acids is 1. The number of thiophene rings is 1. The second-order valence-corrected chi connectivity index (χ2v) is 8.58. The predicted octanol–water partition coefficient (Wildman–Crippen LogP) is 1.71. The average Bonchev–Trinajstić information content (AvgIpc) is 3.07. The van der Waals surface area contributed by atoms with E-state index >= 15 is 0 Å². The fourth-order valence-corrected chi connectivity index (χ4v) is 5.18. The van der Waals surface area contributed by atoms with Crippen molar-refractivity contribution in [2.24, 2.45) is 5.92 Å². The van der Waals surface area contributed by atoms with Crippen molar-refractivity contribution in [2.75, 3.05) is 34.2 Å². The number of hydrogen-bond acceptors (Lipinski definition) is 5. The number of rotatable bonds is 5. The first-order valence-electron chi connectivity index (χ1n) is 8.74. The summed E-state index contributed by atoms with van der Waals surface area (Å²) >= 11 is 1.79. The number of aliphatic carboxylic acids is 1. The maximum absolute atomic E-state index is 12.1. The lowest BCUT2D eigenvalue weighted by Gasteiger charge is -2.45. The minimum absolute atomic E-state index is 0.0348. The highest BCUT2D eigenvalue weighted by atomic mass is 32.1. The Morgan fingerprint density at radius 1 is 1.40 bits per heavy atom. The zero-order valence-electron chi connectivity index (χ0n) is 15.2. The Kier molecular flexibility index (Phi) is 5.18. The van der Waals surface area contributed by atoms with Gasteiger partial charge in [0.25, 0.3) is 0 Å². The number of carbonyl (C=O) groups is 2. The molecule has 138 valence electrons. The monoisotopic (exact) mass is 365 g/mol. The van der Waals surface area contributed by atoms with E-state index in [9.17, 15) is 14.7 Å². The summed E-state index contributed by atoms with van der Waals surface area (Å²) in [6.07, 6.45) is 1.62. The summed E-state index contributed by atoms with van der Waals surface area (Å²) in [6.45, 7) is 3.53. The molecule has 1 unspecified atom stereocenters. The van der Waals surface area contributed by atoms with E-state index in [1.807, 2.05) is 0 Å². The Labute approximate surface area is 153 Å². The van der Waals surface area contributed by atoms with E-state index in [0.717, 1.165) is 39.0 Å². The summed E-state index contributed by atoms with van der Waals surface area (Å²) < 4.78 is 0. The Morgan fingerprint density at radius 2 is 2.08 bits per heavy atom. The van der Waals surface area contributed by atoms with Crippen molar-refractivity contribution >= 4 is 23.2 Å². The van der Waals surface area contributed by atoms with Crippen molar-refractivity contribution in [3.63, 3.8) is 0 Å². The van der Waals surface area contributed by atoms with Crippen LogP contribution in [0, 0.1) is 5.92 Å². The van der Waals surface area contributed by atoms with E-state index < -0.39 is 17.4 Å². The Bertz CT molecular complexity index is 650. The first-order valence-corrected chi connectivity index (χ1v) is 9.62. The molecule has 1 atom stereocenters. The summed E-state index contributed by atoms with van der Waals surface area (Å²) in [5, 5.41) is 11.8. The predicted molar refractivity (Wildman–Crippen MR) is 97.5 cm³/mol. The minimum Gasteiger partial charge on any atom is -0.481 e. The van der Waals surface area contributed by atoms with Crippen LogP contribution >= 0.6 is 11.3 Å². The number of amides is 1. The molecule has 2 aliphatic rings. The molecular weight excluding hydrogens is 338 g/mol. The highest BCUT2D eigenvalue weighted by Crippen LogP contribution is 2.43. The largest absolute Gasteiger partial charge is 0.481 e. The third-order valence-corrected chi connectivity index (χ3v) is 6.65. The second kappa shape index (κ2) is 7.05. The Morgan fingerprint density at radius 3 is 2.68 bits per heavy atom. The normalized spacial score (nSPS) is 23.8. The van der Waals surface area contributed by atoms with Crippen LogP contribution in [0.15, 0.2) is 11.4 Å². The molecule has 1 aromatic rings. The van der Waals surface area contributed by atoms with Gasteiger partial charge in [-0.05, 0) is 43.9 Å². The van der Waals surface area contributed by atoms with Crippen molar-refractivity contribution in [2.45, 2.75) is 37.9 Å². The first kappa shape index (κ1) is 18.4.